The average Bonchev–Trinajstić information content (AvgIpc) is 3.56. The minimum absolute atomic E-state index is 0.0303. The summed E-state index contributed by atoms with van der Waals surface area (Å²) in [5.41, 5.74) is 0.583. The van der Waals surface area contributed by atoms with Crippen molar-refractivity contribution >= 4 is 27.7 Å². The van der Waals surface area contributed by atoms with Gasteiger partial charge in [0.1, 0.15) is 0 Å². The number of aromatic nitrogens is 3. The monoisotopic (exact) mass is 483 g/mol. The van der Waals surface area contributed by atoms with Crippen LogP contribution in [0.5, 0.6) is 0 Å². The molecule has 0 bridgehead atoms. The normalized spacial score (nSPS) is 14.3. The van der Waals surface area contributed by atoms with Crippen molar-refractivity contribution in [3.63, 3.8) is 0 Å². The van der Waals surface area contributed by atoms with E-state index in [0.717, 1.165) is 17.1 Å². The predicted octanol–water partition coefficient (Wildman–Crippen LogP) is 1.53. The Bertz CT molecular complexity index is 1050. The van der Waals surface area contributed by atoms with Gasteiger partial charge in [-0.1, -0.05) is 23.9 Å². The maximum atomic E-state index is 12.6. The van der Waals surface area contributed by atoms with Gasteiger partial charge in [-0.15, -0.1) is 10.2 Å². The summed E-state index contributed by atoms with van der Waals surface area (Å²) in [6.45, 7) is 0.273. The molecule has 176 valence electrons. The Morgan fingerprint density at radius 1 is 1.22 bits per heavy atom. The number of thioether (sulfide) groups is 1. The highest BCUT2D eigenvalue weighted by molar-refractivity contribution is 7.99. The minimum atomic E-state index is -3.61. The third-order valence-corrected chi connectivity index (χ3v) is 8.02. The minimum Gasteiger partial charge on any atom is -0.354 e. The van der Waals surface area contributed by atoms with E-state index in [4.69, 9.17) is 9.47 Å². The topological polar surface area (TPSA) is 107 Å². The zero-order valence-corrected chi connectivity index (χ0v) is 20.5. The fourth-order valence-electron chi connectivity index (χ4n) is 3.07. The molecule has 12 heteroatoms. The van der Waals surface area contributed by atoms with Crippen LogP contribution in [0.2, 0.25) is 0 Å². The summed E-state index contributed by atoms with van der Waals surface area (Å²) in [5, 5.41) is 9.09. The molecule has 1 heterocycles. The molecule has 1 amide bonds. The maximum Gasteiger partial charge on any atom is 0.242 e. The Labute approximate surface area is 192 Å². The van der Waals surface area contributed by atoms with Gasteiger partial charge in [-0.25, -0.2) is 12.7 Å². The molecule has 0 unspecified atom stereocenters. The Morgan fingerprint density at radius 2 is 1.91 bits per heavy atom. The molecule has 2 aromatic rings. The lowest BCUT2D eigenvalue weighted by molar-refractivity contribution is -0.127. The van der Waals surface area contributed by atoms with E-state index in [9.17, 15) is 13.2 Å². The van der Waals surface area contributed by atoms with Crippen LogP contribution in [0.15, 0.2) is 34.3 Å². The number of rotatable bonds is 11. The Balaban J connectivity index is 1.92. The van der Waals surface area contributed by atoms with Crippen LogP contribution >= 0.6 is 11.8 Å². The van der Waals surface area contributed by atoms with Crippen molar-refractivity contribution in [2.75, 3.05) is 41.1 Å². The van der Waals surface area contributed by atoms with Gasteiger partial charge >= 0.3 is 0 Å². The van der Waals surface area contributed by atoms with Crippen molar-refractivity contribution in [1.29, 1.82) is 0 Å². The maximum absolute atomic E-state index is 12.6. The molecule has 1 aromatic carbocycles. The van der Waals surface area contributed by atoms with Crippen LogP contribution in [-0.2, 0) is 30.8 Å². The van der Waals surface area contributed by atoms with Crippen LogP contribution in [0.3, 0.4) is 0 Å². The van der Waals surface area contributed by atoms with Crippen molar-refractivity contribution in [1.82, 2.24) is 24.0 Å². The van der Waals surface area contributed by atoms with Gasteiger partial charge in [0.2, 0.25) is 15.9 Å². The largest absolute Gasteiger partial charge is 0.354 e. The first kappa shape index (κ1) is 24.6. The van der Waals surface area contributed by atoms with E-state index in [0.29, 0.717) is 22.6 Å². The van der Waals surface area contributed by atoms with Gasteiger partial charge in [-0.05, 0) is 25.0 Å². The van der Waals surface area contributed by atoms with Gasteiger partial charge in [0, 0.05) is 47.0 Å². The van der Waals surface area contributed by atoms with E-state index in [1.165, 1.54) is 46.1 Å². The number of sulfonamides is 1. The Hall–Kier alpha value is -1.99. The zero-order valence-electron chi connectivity index (χ0n) is 18.9. The summed E-state index contributed by atoms with van der Waals surface area (Å²) in [4.78, 5) is 14.4. The lowest BCUT2D eigenvalue weighted by Gasteiger charge is -2.18. The lowest BCUT2D eigenvalue weighted by Crippen LogP contribution is -2.30. The molecular formula is C20H29N5O5S2. The highest BCUT2D eigenvalue weighted by atomic mass is 32.2. The zero-order chi connectivity index (χ0) is 23.5. The molecule has 1 aromatic heterocycles. The van der Waals surface area contributed by atoms with E-state index in [-0.39, 0.29) is 23.1 Å². The Kier molecular flexibility index (Phi) is 7.93. The van der Waals surface area contributed by atoms with Gasteiger partial charge in [-0.2, -0.15) is 0 Å². The smallest absolute Gasteiger partial charge is 0.242 e. The number of hydrogen-bond donors (Lipinski definition) is 0. The average molecular weight is 484 g/mol. The van der Waals surface area contributed by atoms with Crippen LogP contribution < -0.4 is 0 Å². The number of methoxy groups -OCH3 is 2. The second-order valence-corrected chi connectivity index (χ2v) is 10.8. The van der Waals surface area contributed by atoms with Crippen molar-refractivity contribution in [3.8, 4) is 11.4 Å². The second kappa shape index (κ2) is 10.3. The predicted molar refractivity (Wildman–Crippen MR) is 121 cm³/mol. The van der Waals surface area contributed by atoms with Crippen LogP contribution in [0.4, 0.5) is 0 Å². The number of nitrogens with zero attached hydrogens (tertiary/aromatic N) is 5. The van der Waals surface area contributed by atoms with E-state index in [1.54, 1.807) is 27.7 Å². The van der Waals surface area contributed by atoms with Crippen LogP contribution in [-0.4, -0.2) is 91.7 Å². The van der Waals surface area contributed by atoms with Crippen LogP contribution in [0.1, 0.15) is 12.8 Å². The van der Waals surface area contributed by atoms with Gasteiger partial charge in [-0.3, -0.25) is 9.36 Å². The van der Waals surface area contributed by atoms with Crippen molar-refractivity contribution < 1.29 is 22.7 Å². The number of carbonyl (C=O) groups excluding carboxylic acids is 1. The molecule has 0 saturated heterocycles. The third kappa shape index (κ3) is 5.49. The number of benzene rings is 1. The molecule has 1 aliphatic carbocycles. The molecule has 0 atom stereocenters. The van der Waals surface area contributed by atoms with Gasteiger partial charge < -0.3 is 14.4 Å². The summed E-state index contributed by atoms with van der Waals surface area (Å²) in [6.07, 6.45) is 1.52. The molecule has 1 aliphatic rings. The molecule has 0 N–H and O–H groups in total. The van der Waals surface area contributed by atoms with Gasteiger partial charge in [0.05, 0.1) is 17.2 Å². The molecule has 0 aliphatic heterocycles. The first-order valence-electron chi connectivity index (χ1n) is 10.1. The van der Waals surface area contributed by atoms with Crippen molar-refractivity contribution in [3.05, 3.63) is 24.3 Å². The van der Waals surface area contributed by atoms with E-state index in [2.05, 4.69) is 10.2 Å². The first-order chi connectivity index (χ1) is 15.2. The van der Waals surface area contributed by atoms with Crippen LogP contribution in [0, 0.1) is 0 Å². The fourth-order valence-corrected chi connectivity index (χ4v) is 4.89. The molecule has 3 rings (SSSR count). The molecule has 10 nitrogen and oxygen atoms in total. The van der Waals surface area contributed by atoms with E-state index in [1.807, 2.05) is 7.05 Å². The third-order valence-electron chi connectivity index (χ3n) is 5.26. The highest BCUT2D eigenvalue weighted by Crippen LogP contribution is 2.29. The molecule has 1 fully saturated rings. The fraction of sp³-hybridized carbons (Fsp3) is 0.550. The standard InChI is InChI=1S/C20H29N5O5S2/c1-23(2)32(27,28)16-8-6-7-14(11-16)19-21-22-20(25(19)12-18(29-4)30-5)31-13-17(26)24(3)15-9-10-15/h6-8,11,15,18H,9-10,12-13H2,1-5H3. The molecular weight excluding hydrogens is 454 g/mol. The van der Waals surface area contributed by atoms with Crippen molar-refractivity contribution in [2.45, 2.75) is 41.8 Å². The van der Waals surface area contributed by atoms with E-state index < -0.39 is 16.3 Å². The first-order valence-corrected chi connectivity index (χ1v) is 12.5. The summed E-state index contributed by atoms with van der Waals surface area (Å²) in [5.74, 6) is 0.721. The highest BCUT2D eigenvalue weighted by Gasteiger charge is 2.30. The quantitative estimate of drug-likeness (QED) is 0.350. The summed E-state index contributed by atoms with van der Waals surface area (Å²) >= 11 is 1.28. The molecule has 0 spiro atoms. The SMILES string of the molecule is COC(Cn1c(SCC(=O)N(C)C2CC2)nnc1-c1cccc(S(=O)(=O)N(C)C)c1)OC. The summed E-state index contributed by atoms with van der Waals surface area (Å²) in [6, 6.07) is 6.86. The Morgan fingerprint density at radius 3 is 2.50 bits per heavy atom. The number of amides is 1. The molecule has 0 radical (unpaired) electrons. The molecule has 32 heavy (non-hydrogen) atoms. The lowest BCUT2D eigenvalue weighted by atomic mass is 10.2. The number of ether oxygens (including phenoxy) is 2. The van der Waals surface area contributed by atoms with Gasteiger partial charge in [0.25, 0.3) is 0 Å². The number of hydrogen-bond acceptors (Lipinski definition) is 8. The van der Waals surface area contributed by atoms with E-state index >= 15 is 0 Å². The summed E-state index contributed by atoms with van der Waals surface area (Å²) in [7, 11) is 4.24. The molecule has 1 saturated carbocycles. The number of carbonyl (C=O) groups is 1. The van der Waals surface area contributed by atoms with Crippen LogP contribution in [0.25, 0.3) is 11.4 Å². The van der Waals surface area contributed by atoms with Crippen molar-refractivity contribution in [2.24, 2.45) is 0 Å². The van der Waals surface area contributed by atoms with Gasteiger partial charge in [0.15, 0.2) is 17.3 Å². The summed E-state index contributed by atoms with van der Waals surface area (Å²) < 4.78 is 38.8. The second-order valence-electron chi connectivity index (χ2n) is 7.66.